The molecule has 1 fully saturated rings. The Morgan fingerprint density at radius 2 is 1.59 bits per heavy atom. The quantitative estimate of drug-likeness (QED) is 0.525. The van der Waals surface area contributed by atoms with Crippen LogP contribution in [0.25, 0.3) is 0 Å². The molecule has 0 unspecified atom stereocenters. The Morgan fingerprint density at radius 3 is 2.32 bits per heavy atom. The number of hydrogen-bond acceptors (Lipinski definition) is 4. The molecule has 1 saturated heterocycles. The number of fused-ring (bicyclic) bond motifs is 2. The minimum atomic E-state index is -0.790. The number of aryl methyl sites for hydroxylation is 1. The highest BCUT2D eigenvalue weighted by Gasteiger charge is 2.47. The molecule has 2 atom stereocenters. The van der Waals surface area contributed by atoms with Crippen molar-refractivity contribution in [2.45, 2.75) is 44.8 Å². The monoisotopic (exact) mass is 497 g/mol. The number of carbonyl (C=O) groups is 3. The van der Waals surface area contributed by atoms with Gasteiger partial charge in [0.2, 0.25) is 17.7 Å². The van der Waals surface area contributed by atoms with Crippen molar-refractivity contribution < 1.29 is 19.5 Å². The van der Waals surface area contributed by atoms with Crippen molar-refractivity contribution in [2.75, 3.05) is 13.1 Å². The van der Waals surface area contributed by atoms with Crippen LogP contribution in [0.15, 0.2) is 72.8 Å². The molecule has 5 rings (SSSR count). The summed E-state index contributed by atoms with van der Waals surface area (Å²) in [6.45, 7) is 2.69. The van der Waals surface area contributed by atoms with Crippen LogP contribution in [0.2, 0.25) is 0 Å². The van der Waals surface area contributed by atoms with Crippen molar-refractivity contribution >= 4 is 17.7 Å². The molecule has 3 aromatic rings. The second kappa shape index (κ2) is 10.5. The van der Waals surface area contributed by atoms with Crippen LogP contribution in [0, 0.1) is 6.92 Å². The molecule has 3 aromatic carbocycles. The van der Waals surface area contributed by atoms with E-state index in [1.807, 2.05) is 55.5 Å². The first kappa shape index (κ1) is 24.6. The molecule has 0 aliphatic carbocycles. The van der Waals surface area contributed by atoms with E-state index in [9.17, 15) is 19.5 Å². The first-order valence-electron chi connectivity index (χ1n) is 12.7. The maximum absolute atomic E-state index is 13.8. The molecular formula is C30H31N3O4. The van der Waals surface area contributed by atoms with Gasteiger partial charge in [-0.2, -0.15) is 0 Å². The van der Waals surface area contributed by atoms with Crippen molar-refractivity contribution in [3.63, 3.8) is 0 Å². The van der Waals surface area contributed by atoms with E-state index in [2.05, 4.69) is 5.32 Å². The van der Waals surface area contributed by atoms with Crippen LogP contribution in [0.1, 0.15) is 27.8 Å². The molecule has 37 heavy (non-hydrogen) atoms. The van der Waals surface area contributed by atoms with E-state index in [-0.39, 0.29) is 36.4 Å². The van der Waals surface area contributed by atoms with Crippen LogP contribution in [0.5, 0.6) is 5.75 Å². The van der Waals surface area contributed by atoms with Crippen LogP contribution in [-0.2, 0) is 40.2 Å². The predicted molar refractivity (Wildman–Crippen MR) is 140 cm³/mol. The van der Waals surface area contributed by atoms with E-state index in [0.29, 0.717) is 25.9 Å². The number of hydrogen-bond donors (Lipinski definition) is 2. The van der Waals surface area contributed by atoms with E-state index < -0.39 is 12.1 Å². The Bertz CT molecular complexity index is 1300. The molecule has 0 radical (unpaired) electrons. The maximum Gasteiger partial charge on any atom is 0.246 e. The minimum absolute atomic E-state index is 0.132. The molecule has 7 heteroatoms. The second-order valence-electron chi connectivity index (χ2n) is 9.89. The highest BCUT2D eigenvalue weighted by atomic mass is 16.3. The summed E-state index contributed by atoms with van der Waals surface area (Å²) in [4.78, 5) is 43.6. The lowest BCUT2D eigenvalue weighted by Crippen LogP contribution is -2.67. The molecule has 0 aromatic heterocycles. The van der Waals surface area contributed by atoms with Crippen molar-refractivity contribution in [1.82, 2.24) is 15.1 Å². The molecule has 2 aliphatic rings. The van der Waals surface area contributed by atoms with E-state index in [1.54, 1.807) is 29.2 Å². The Morgan fingerprint density at radius 1 is 0.919 bits per heavy atom. The topological polar surface area (TPSA) is 90.0 Å². The number of amides is 3. The van der Waals surface area contributed by atoms with Gasteiger partial charge in [-0.05, 0) is 47.7 Å². The number of piperazine rings is 1. The van der Waals surface area contributed by atoms with Gasteiger partial charge in [0, 0.05) is 25.9 Å². The summed E-state index contributed by atoms with van der Waals surface area (Å²) >= 11 is 0. The molecule has 190 valence electrons. The zero-order chi connectivity index (χ0) is 25.9. The van der Waals surface area contributed by atoms with Crippen molar-refractivity contribution in [1.29, 1.82) is 0 Å². The Kier molecular flexibility index (Phi) is 6.95. The van der Waals surface area contributed by atoms with Crippen molar-refractivity contribution in [3.8, 4) is 5.75 Å². The van der Waals surface area contributed by atoms with Gasteiger partial charge in [0.1, 0.15) is 24.4 Å². The number of benzene rings is 3. The van der Waals surface area contributed by atoms with Gasteiger partial charge in [-0.1, -0.05) is 66.2 Å². The summed E-state index contributed by atoms with van der Waals surface area (Å²) in [6.07, 6.45) is 1.40. The van der Waals surface area contributed by atoms with Gasteiger partial charge in [0.25, 0.3) is 0 Å². The SMILES string of the molecule is Cc1ccc(CCNC(=O)CN2C(=O)[C@@H]3Cc4ccccc4CN3C(=O)[C@@H]2Cc2ccc(O)cc2)cc1. The first-order valence-corrected chi connectivity index (χ1v) is 12.7. The van der Waals surface area contributed by atoms with E-state index in [4.69, 9.17) is 0 Å². The number of phenolic OH excluding ortho intramolecular Hbond substituents is 1. The van der Waals surface area contributed by atoms with Crippen LogP contribution in [0.3, 0.4) is 0 Å². The third kappa shape index (κ3) is 5.35. The molecule has 0 spiro atoms. The number of nitrogens with zero attached hydrogens (tertiary/aromatic N) is 2. The van der Waals surface area contributed by atoms with Gasteiger partial charge in [-0.25, -0.2) is 0 Å². The normalized spacial score (nSPS) is 18.8. The lowest BCUT2D eigenvalue weighted by atomic mass is 9.88. The summed E-state index contributed by atoms with van der Waals surface area (Å²) in [5.41, 5.74) is 5.22. The Hall–Kier alpha value is -4.13. The third-order valence-electron chi connectivity index (χ3n) is 7.30. The number of rotatable bonds is 7. The highest BCUT2D eigenvalue weighted by Crippen LogP contribution is 2.30. The summed E-state index contributed by atoms with van der Waals surface area (Å²) in [6, 6.07) is 21.2. The smallest absolute Gasteiger partial charge is 0.246 e. The van der Waals surface area contributed by atoms with E-state index >= 15 is 0 Å². The van der Waals surface area contributed by atoms with Crippen molar-refractivity contribution in [2.24, 2.45) is 0 Å². The minimum Gasteiger partial charge on any atom is -0.508 e. The largest absolute Gasteiger partial charge is 0.508 e. The van der Waals surface area contributed by atoms with Gasteiger partial charge in [0.15, 0.2) is 0 Å². The zero-order valence-electron chi connectivity index (χ0n) is 20.9. The van der Waals surface area contributed by atoms with Crippen LogP contribution in [-0.4, -0.2) is 57.8 Å². The van der Waals surface area contributed by atoms with Gasteiger partial charge >= 0.3 is 0 Å². The molecular weight excluding hydrogens is 466 g/mol. The molecule has 0 saturated carbocycles. The Balaban J connectivity index is 1.34. The van der Waals surface area contributed by atoms with Crippen LogP contribution >= 0.6 is 0 Å². The fourth-order valence-electron chi connectivity index (χ4n) is 5.20. The number of carbonyl (C=O) groups excluding carboxylic acids is 3. The summed E-state index contributed by atoms with van der Waals surface area (Å²) in [5.74, 6) is -0.507. The number of aromatic hydroxyl groups is 1. The number of nitrogens with one attached hydrogen (secondary N) is 1. The molecule has 2 aliphatic heterocycles. The van der Waals surface area contributed by atoms with Gasteiger partial charge in [0.05, 0.1) is 0 Å². The first-order chi connectivity index (χ1) is 17.9. The Labute approximate surface area is 216 Å². The lowest BCUT2D eigenvalue weighted by Gasteiger charge is -2.47. The standard InChI is InChI=1S/C30H31N3O4/c1-20-6-8-21(9-7-20)14-15-31-28(35)19-33-26(16-22-10-12-25(34)13-11-22)29(36)32-18-24-5-3-2-4-23(24)17-27(32)30(33)37/h2-13,26-27,34H,14-19H2,1H3,(H,31,35)/t26-,27-/m0/s1. The highest BCUT2D eigenvalue weighted by molar-refractivity contribution is 5.99. The summed E-state index contributed by atoms with van der Waals surface area (Å²) < 4.78 is 0. The van der Waals surface area contributed by atoms with Gasteiger partial charge in [-0.3, -0.25) is 14.4 Å². The summed E-state index contributed by atoms with van der Waals surface area (Å²) in [5, 5.41) is 12.6. The van der Waals surface area contributed by atoms with Crippen LogP contribution in [0.4, 0.5) is 0 Å². The average molecular weight is 498 g/mol. The molecule has 0 bridgehead atoms. The molecule has 3 amide bonds. The second-order valence-corrected chi connectivity index (χ2v) is 9.89. The van der Waals surface area contributed by atoms with Crippen molar-refractivity contribution in [3.05, 3.63) is 101 Å². The molecule has 7 nitrogen and oxygen atoms in total. The maximum atomic E-state index is 13.8. The van der Waals surface area contributed by atoms with Gasteiger partial charge < -0.3 is 20.2 Å². The van der Waals surface area contributed by atoms with E-state index in [0.717, 1.165) is 22.3 Å². The third-order valence-corrected chi connectivity index (χ3v) is 7.30. The summed E-state index contributed by atoms with van der Waals surface area (Å²) in [7, 11) is 0. The fraction of sp³-hybridized carbons (Fsp3) is 0.300. The fourth-order valence-corrected chi connectivity index (χ4v) is 5.20. The molecule has 2 heterocycles. The average Bonchev–Trinajstić information content (AvgIpc) is 2.90. The van der Waals surface area contributed by atoms with Crippen LogP contribution < -0.4 is 5.32 Å². The number of phenols is 1. The van der Waals surface area contributed by atoms with E-state index in [1.165, 1.54) is 10.5 Å². The van der Waals surface area contributed by atoms with Gasteiger partial charge in [-0.15, -0.1) is 0 Å². The zero-order valence-corrected chi connectivity index (χ0v) is 20.9. The predicted octanol–water partition coefficient (Wildman–Crippen LogP) is 2.77. The molecule has 2 N–H and O–H groups in total. The lowest BCUT2D eigenvalue weighted by molar-refractivity contribution is -0.164.